The molecule has 362 valence electrons. The molecule has 0 spiro atoms. The van der Waals surface area contributed by atoms with E-state index in [2.05, 4.69) is 44.8 Å². The average molecular weight is 995 g/mol. The lowest BCUT2D eigenvalue weighted by Crippen LogP contribution is -2.48. The zero-order chi connectivity index (χ0) is 48.5. The Labute approximate surface area is 413 Å². The number of hydrogen-bond acceptors (Lipinski definition) is 14. The fourth-order valence-electron chi connectivity index (χ4n) is 9.30. The van der Waals surface area contributed by atoms with E-state index >= 15 is 0 Å². The lowest BCUT2D eigenvalue weighted by Gasteiger charge is -2.35. The number of halogens is 1. The number of thiazole rings is 1. The molecule has 1 saturated heterocycles. The zero-order valence-electron chi connectivity index (χ0n) is 39.7. The van der Waals surface area contributed by atoms with Gasteiger partial charge in [0.25, 0.3) is 5.88 Å². The van der Waals surface area contributed by atoms with Crippen LogP contribution in [0.2, 0.25) is 5.02 Å². The average Bonchev–Trinajstić information content (AvgIpc) is 4.17. The molecule has 3 amide bonds. The highest BCUT2D eigenvalue weighted by Gasteiger charge is 2.44. The molecule has 3 aliphatic rings. The van der Waals surface area contributed by atoms with Gasteiger partial charge in [0.1, 0.15) is 35.4 Å². The number of benzene rings is 2. The van der Waals surface area contributed by atoms with Crippen LogP contribution in [-0.4, -0.2) is 104 Å². The molecule has 69 heavy (non-hydrogen) atoms. The van der Waals surface area contributed by atoms with Crippen LogP contribution in [0.5, 0.6) is 5.88 Å². The summed E-state index contributed by atoms with van der Waals surface area (Å²) < 4.78 is 25.4. The third kappa shape index (κ3) is 10.3. The van der Waals surface area contributed by atoms with Crippen molar-refractivity contribution in [3.05, 3.63) is 115 Å². The predicted octanol–water partition coefficient (Wildman–Crippen LogP) is 8.02. The van der Waals surface area contributed by atoms with E-state index in [4.69, 9.17) is 35.3 Å². The molecule has 0 unspecified atom stereocenters. The number of nitrogens with one attached hydrogen (secondary N) is 2. The Kier molecular flexibility index (Phi) is 14.4. The molecule has 9 rings (SSSR count). The number of carbonyl (C=O) groups is 3. The van der Waals surface area contributed by atoms with E-state index in [1.165, 1.54) is 4.88 Å². The molecule has 0 bridgehead atoms. The summed E-state index contributed by atoms with van der Waals surface area (Å²) in [6.07, 6.45) is 1.47. The summed E-state index contributed by atoms with van der Waals surface area (Å²) in [6.45, 7) is 13.1. The molecule has 6 heterocycles. The van der Waals surface area contributed by atoms with Crippen LogP contribution in [0.3, 0.4) is 0 Å². The maximum absolute atomic E-state index is 14.3. The summed E-state index contributed by atoms with van der Waals surface area (Å²) in [7, 11) is 1.59. The summed E-state index contributed by atoms with van der Waals surface area (Å²) in [5.74, 6) is 0.478. The fraction of sp³-hybridized carbons (Fsp3) is 0.440. The van der Waals surface area contributed by atoms with Gasteiger partial charge in [-0.25, -0.2) is 4.98 Å². The van der Waals surface area contributed by atoms with E-state index in [9.17, 15) is 14.4 Å². The van der Waals surface area contributed by atoms with Gasteiger partial charge >= 0.3 is 0 Å². The summed E-state index contributed by atoms with van der Waals surface area (Å²) in [4.78, 5) is 55.0. The van der Waals surface area contributed by atoms with Crippen LogP contribution in [0.15, 0.2) is 69.6 Å². The molecule has 2 aromatic carbocycles. The van der Waals surface area contributed by atoms with E-state index in [0.29, 0.717) is 49.0 Å². The van der Waals surface area contributed by atoms with Crippen LogP contribution >= 0.6 is 34.3 Å². The SMILES string of the molecule is CO[C@@H]1C[C@@H](C(=O)NCc2ccc(-c3scnc3C)cc2)N(C(=O)[C@H](c2cc(OCCO[C@H]3C[C@@H](NC(=O)C[C@@H]4N=C(c5ccc(Cl)cc5)c5c(sc(C)c5C)-n5c(C)nnc54)C3)no2)C(C)C)C1. The number of aromatic nitrogens is 5. The van der Waals surface area contributed by atoms with Gasteiger partial charge in [-0.05, 0) is 80.4 Å². The second-order valence-electron chi connectivity index (χ2n) is 18.3. The van der Waals surface area contributed by atoms with Crippen LogP contribution in [-0.2, 0) is 30.4 Å². The minimum Gasteiger partial charge on any atom is -0.473 e. The highest BCUT2D eigenvalue weighted by Crippen LogP contribution is 2.40. The topological polar surface area (TPSA) is 188 Å². The molecule has 2 aliphatic heterocycles. The molecule has 2 N–H and O–H groups in total. The first-order chi connectivity index (χ1) is 33.3. The second kappa shape index (κ2) is 20.7. The number of thiophene rings is 1. The number of nitrogens with zero attached hydrogens (tertiary/aromatic N) is 7. The Hall–Kier alpha value is -5.79. The van der Waals surface area contributed by atoms with Crippen LogP contribution < -0.4 is 15.4 Å². The number of ether oxygens (including phenoxy) is 3. The van der Waals surface area contributed by atoms with Gasteiger partial charge in [-0.1, -0.05) is 61.8 Å². The molecule has 2 fully saturated rings. The highest BCUT2D eigenvalue weighted by molar-refractivity contribution is 7.15. The van der Waals surface area contributed by atoms with Gasteiger partial charge in [0.05, 0.1) is 47.0 Å². The molecule has 1 saturated carbocycles. The van der Waals surface area contributed by atoms with Gasteiger partial charge < -0.3 is 34.3 Å². The molecular weight excluding hydrogens is 938 g/mol. The molecule has 0 radical (unpaired) electrons. The van der Waals surface area contributed by atoms with Crippen molar-refractivity contribution in [2.75, 3.05) is 26.9 Å². The first-order valence-electron chi connectivity index (χ1n) is 23.2. The third-order valence-electron chi connectivity index (χ3n) is 13.2. The van der Waals surface area contributed by atoms with Gasteiger partial charge in [0, 0.05) is 59.8 Å². The zero-order valence-corrected chi connectivity index (χ0v) is 42.0. The van der Waals surface area contributed by atoms with E-state index < -0.39 is 18.0 Å². The molecule has 6 aromatic rings. The number of amides is 3. The number of fused-ring (bicyclic) bond motifs is 3. The monoisotopic (exact) mass is 993 g/mol. The van der Waals surface area contributed by atoms with E-state index in [1.54, 1.807) is 40.7 Å². The van der Waals surface area contributed by atoms with Gasteiger partial charge in [-0.2, -0.15) is 0 Å². The number of methoxy groups -OCH3 is 1. The molecule has 1 aliphatic carbocycles. The maximum Gasteiger partial charge on any atom is 0.254 e. The number of aliphatic imine (C=N–C) groups is 1. The van der Waals surface area contributed by atoms with Gasteiger partial charge in [-0.15, -0.1) is 32.9 Å². The molecule has 4 aromatic heterocycles. The van der Waals surface area contributed by atoms with Crippen LogP contribution in [0.1, 0.15) is 102 Å². The van der Waals surface area contributed by atoms with Crippen molar-refractivity contribution in [3.63, 3.8) is 0 Å². The number of carbonyl (C=O) groups excluding carboxylic acids is 3. The van der Waals surface area contributed by atoms with Crippen LogP contribution in [0.4, 0.5) is 0 Å². The quantitative estimate of drug-likeness (QED) is 0.0843. The lowest BCUT2D eigenvalue weighted by atomic mass is 9.89. The Bertz CT molecular complexity index is 2850. The first kappa shape index (κ1) is 48.2. The van der Waals surface area contributed by atoms with E-state index in [0.717, 1.165) is 54.9 Å². The largest absolute Gasteiger partial charge is 0.473 e. The van der Waals surface area contributed by atoms with Crippen molar-refractivity contribution in [1.82, 2.24) is 40.4 Å². The van der Waals surface area contributed by atoms with Crippen molar-refractivity contribution in [3.8, 4) is 21.3 Å². The Balaban J connectivity index is 0.750. The highest BCUT2D eigenvalue weighted by atomic mass is 35.5. The van der Waals surface area contributed by atoms with Crippen molar-refractivity contribution in [2.24, 2.45) is 10.9 Å². The van der Waals surface area contributed by atoms with Crippen molar-refractivity contribution in [1.29, 1.82) is 0 Å². The van der Waals surface area contributed by atoms with Gasteiger partial charge in [-0.3, -0.25) is 23.9 Å². The summed E-state index contributed by atoms with van der Waals surface area (Å²) >= 11 is 9.53. The fourth-order valence-corrected chi connectivity index (χ4v) is 11.4. The normalized spacial score (nSPS) is 20.2. The summed E-state index contributed by atoms with van der Waals surface area (Å²) in [6, 6.07) is 16.0. The van der Waals surface area contributed by atoms with Crippen LogP contribution in [0.25, 0.3) is 15.4 Å². The number of aryl methyl sites for hydroxylation is 3. The number of rotatable bonds is 17. The predicted molar refractivity (Wildman–Crippen MR) is 263 cm³/mol. The third-order valence-corrected chi connectivity index (χ3v) is 15.7. The number of hydrogen-bond donors (Lipinski definition) is 2. The molecule has 4 atom stereocenters. The summed E-state index contributed by atoms with van der Waals surface area (Å²) in [5.41, 5.74) is 8.70. The lowest BCUT2D eigenvalue weighted by molar-refractivity contribution is -0.141. The Morgan fingerprint density at radius 3 is 2.42 bits per heavy atom. The minimum atomic E-state index is -0.709. The van der Waals surface area contributed by atoms with Gasteiger partial charge in [0.15, 0.2) is 11.6 Å². The standard InChI is InChI=1S/C50H56ClN9O7S2/c1-26(2)43(49(63)59-24-37(64-7)20-39(59)48(62)52-23-31-8-10-33(11-9-31)46-28(4)53-25-68-46)40-22-42(58-67-40)66-17-16-65-36-18-35(19-36)54-41(61)21-38-47-57-56-30(6)60(47)50-44(27(3)29(5)69-50)45(55-38)32-12-14-34(51)15-13-32/h8-15,22,25-26,35-39,43H,16-21,23-24H2,1-7H3,(H,52,62)(H,54,61)/t35-,36+,37-,38+,39+,43+/m1/s1. The Morgan fingerprint density at radius 1 is 0.957 bits per heavy atom. The minimum absolute atomic E-state index is 0.0410. The van der Waals surface area contributed by atoms with E-state index in [1.807, 2.05) is 86.3 Å². The van der Waals surface area contributed by atoms with Crippen LogP contribution in [0, 0.1) is 33.6 Å². The van der Waals surface area contributed by atoms with E-state index in [-0.39, 0.29) is 67.3 Å². The molecule has 16 nitrogen and oxygen atoms in total. The first-order valence-corrected chi connectivity index (χ1v) is 25.3. The van der Waals surface area contributed by atoms with Crippen molar-refractivity contribution in [2.45, 2.75) is 110 Å². The van der Waals surface area contributed by atoms with Crippen molar-refractivity contribution < 1.29 is 33.1 Å². The second-order valence-corrected chi connectivity index (χ2v) is 20.8. The van der Waals surface area contributed by atoms with Crippen molar-refractivity contribution >= 4 is 57.7 Å². The smallest absolute Gasteiger partial charge is 0.254 e. The number of likely N-dealkylation sites (tertiary alicyclic amines) is 1. The molecule has 19 heteroatoms. The molecular formula is C50H56ClN9O7S2. The summed E-state index contributed by atoms with van der Waals surface area (Å²) in [5, 5.41) is 20.9. The Morgan fingerprint density at radius 2 is 1.71 bits per heavy atom. The van der Waals surface area contributed by atoms with Gasteiger partial charge in [0.2, 0.25) is 17.7 Å². The maximum atomic E-state index is 14.3.